The Labute approximate surface area is 235 Å². The molecule has 0 saturated carbocycles. The molecule has 1 aromatic carbocycles. The first kappa shape index (κ1) is 26.5. The lowest BCUT2D eigenvalue weighted by Gasteiger charge is -2.24. The molecule has 39 heavy (non-hydrogen) atoms. The fraction of sp³-hybridized carbons (Fsp3) is 0.241. The third-order valence-electron chi connectivity index (χ3n) is 6.18. The summed E-state index contributed by atoms with van der Waals surface area (Å²) in [4.78, 5) is 11.9. The quantitative estimate of drug-likeness (QED) is 0.175. The summed E-state index contributed by atoms with van der Waals surface area (Å²) in [5.41, 5.74) is 3.97. The van der Waals surface area contributed by atoms with Crippen molar-refractivity contribution < 1.29 is 4.42 Å². The summed E-state index contributed by atoms with van der Waals surface area (Å²) in [6, 6.07) is 12.4. The van der Waals surface area contributed by atoms with Gasteiger partial charge >= 0.3 is 0 Å². The van der Waals surface area contributed by atoms with Gasteiger partial charge in [-0.05, 0) is 55.5 Å². The number of rotatable bonds is 4. The van der Waals surface area contributed by atoms with Crippen molar-refractivity contribution in [1.29, 1.82) is 10.8 Å². The first-order valence-corrected chi connectivity index (χ1v) is 13.6. The van der Waals surface area contributed by atoms with E-state index in [4.69, 9.17) is 26.4 Å². The molecule has 1 aliphatic heterocycles. The topological polar surface area (TPSA) is 115 Å². The van der Waals surface area contributed by atoms with Crippen LogP contribution in [0, 0.1) is 29.6 Å². The minimum atomic E-state index is -0.654. The number of thiophene rings is 1. The van der Waals surface area contributed by atoms with Gasteiger partial charge in [0.15, 0.2) is 0 Å². The molecule has 196 valence electrons. The van der Waals surface area contributed by atoms with Gasteiger partial charge in [-0.1, -0.05) is 43.6 Å². The SMILES string of the molecule is CC(=N)N1C(=N)[C@H](Cc2nnc(C(C)C)o2)N=C(c2ccc(Cl)cc2)c2c1sc(C#Cc1ccccn1)c2C. The van der Waals surface area contributed by atoms with Crippen LogP contribution in [-0.4, -0.2) is 38.6 Å². The molecule has 4 aromatic rings. The maximum absolute atomic E-state index is 9.18. The van der Waals surface area contributed by atoms with E-state index in [1.165, 1.54) is 11.3 Å². The molecule has 3 aromatic heterocycles. The molecule has 0 aliphatic carbocycles. The van der Waals surface area contributed by atoms with E-state index in [2.05, 4.69) is 27.0 Å². The van der Waals surface area contributed by atoms with Crippen LogP contribution in [0.5, 0.6) is 0 Å². The van der Waals surface area contributed by atoms with Crippen molar-refractivity contribution in [1.82, 2.24) is 15.2 Å². The van der Waals surface area contributed by atoms with Gasteiger partial charge in [0.25, 0.3) is 0 Å². The minimum absolute atomic E-state index is 0.0913. The zero-order chi connectivity index (χ0) is 27.7. The number of pyridine rings is 1. The third kappa shape index (κ3) is 5.39. The summed E-state index contributed by atoms with van der Waals surface area (Å²) >= 11 is 7.65. The molecule has 5 rings (SSSR count). The van der Waals surface area contributed by atoms with E-state index >= 15 is 0 Å². The van der Waals surface area contributed by atoms with Gasteiger partial charge in [0, 0.05) is 28.3 Å². The Hall–Kier alpha value is -4.13. The van der Waals surface area contributed by atoms with Gasteiger partial charge in [0.05, 0.1) is 17.0 Å². The second-order valence-corrected chi connectivity index (χ2v) is 10.8. The van der Waals surface area contributed by atoms with Crippen molar-refractivity contribution >= 4 is 45.3 Å². The lowest BCUT2D eigenvalue weighted by Crippen LogP contribution is -2.40. The maximum Gasteiger partial charge on any atom is 0.219 e. The van der Waals surface area contributed by atoms with Crippen LogP contribution < -0.4 is 4.90 Å². The number of amidine groups is 2. The first-order chi connectivity index (χ1) is 18.7. The molecule has 0 unspecified atom stereocenters. The van der Waals surface area contributed by atoms with Crippen LogP contribution >= 0.6 is 22.9 Å². The van der Waals surface area contributed by atoms with Crippen molar-refractivity contribution in [2.75, 3.05) is 4.90 Å². The number of nitrogens with zero attached hydrogens (tertiary/aromatic N) is 5. The molecule has 10 heteroatoms. The fourth-order valence-electron chi connectivity index (χ4n) is 4.20. The van der Waals surface area contributed by atoms with Crippen LogP contribution in [0.25, 0.3) is 0 Å². The van der Waals surface area contributed by atoms with Crippen LogP contribution in [0.2, 0.25) is 5.02 Å². The van der Waals surface area contributed by atoms with Gasteiger partial charge in [-0.25, -0.2) is 4.98 Å². The average Bonchev–Trinajstić information content (AvgIpc) is 3.48. The molecule has 0 bridgehead atoms. The second-order valence-electron chi connectivity index (χ2n) is 9.40. The molecule has 0 radical (unpaired) electrons. The highest BCUT2D eigenvalue weighted by molar-refractivity contribution is 7.17. The van der Waals surface area contributed by atoms with E-state index in [0.29, 0.717) is 28.2 Å². The Kier molecular flexibility index (Phi) is 7.42. The van der Waals surface area contributed by atoms with E-state index in [9.17, 15) is 5.41 Å². The van der Waals surface area contributed by atoms with Gasteiger partial charge in [0.2, 0.25) is 11.8 Å². The zero-order valence-electron chi connectivity index (χ0n) is 21.9. The Morgan fingerprint density at radius 1 is 1.15 bits per heavy atom. The zero-order valence-corrected chi connectivity index (χ0v) is 23.5. The highest BCUT2D eigenvalue weighted by atomic mass is 35.5. The van der Waals surface area contributed by atoms with Gasteiger partial charge < -0.3 is 4.42 Å². The highest BCUT2D eigenvalue weighted by Gasteiger charge is 2.35. The first-order valence-electron chi connectivity index (χ1n) is 12.4. The minimum Gasteiger partial charge on any atom is -0.425 e. The van der Waals surface area contributed by atoms with Crippen molar-refractivity contribution in [3.05, 3.63) is 92.7 Å². The van der Waals surface area contributed by atoms with Crippen molar-refractivity contribution in [3.63, 3.8) is 0 Å². The molecule has 2 N–H and O–H groups in total. The summed E-state index contributed by atoms with van der Waals surface area (Å²) in [7, 11) is 0. The fourth-order valence-corrected chi connectivity index (χ4v) is 5.56. The van der Waals surface area contributed by atoms with Crippen molar-refractivity contribution in [2.24, 2.45) is 4.99 Å². The van der Waals surface area contributed by atoms with Gasteiger partial charge in [-0.2, -0.15) is 0 Å². The molecule has 0 fully saturated rings. The highest BCUT2D eigenvalue weighted by Crippen LogP contribution is 2.40. The molecule has 1 atom stereocenters. The molecular weight excluding hydrogens is 530 g/mol. The third-order valence-corrected chi connectivity index (χ3v) is 7.62. The van der Waals surface area contributed by atoms with E-state index in [0.717, 1.165) is 26.6 Å². The monoisotopic (exact) mass is 555 g/mol. The summed E-state index contributed by atoms with van der Waals surface area (Å²) in [6.07, 6.45) is 1.95. The number of nitrogens with one attached hydrogen (secondary N) is 2. The van der Waals surface area contributed by atoms with Crippen molar-refractivity contribution in [2.45, 2.75) is 46.1 Å². The number of hydrogen-bond donors (Lipinski definition) is 2. The Balaban J connectivity index is 1.68. The maximum atomic E-state index is 9.18. The van der Waals surface area contributed by atoms with Gasteiger partial charge in [-0.3, -0.25) is 20.7 Å². The Bertz CT molecular complexity index is 1640. The van der Waals surface area contributed by atoms with E-state index < -0.39 is 6.04 Å². The average molecular weight is 556 g/mol. The van der Waals surface area contributed by atoms with E-state index in [1.54, 1.807) is 18.0 Å². The lowest BCUT2D eigenvalue weighted by molar-refractivity contribution is 0.428. The lowest BCUT2D eigenvalue weighted by atomic mass is 9.99. The molecular formula is C29H26ClN7OS. The summed E-state index contributed by atoms with van der Waals surface area (Å²) in [5, 5.41) is 27.5. The van der Waals surface area contributed by atoms with Gasteiger partial charge in [0.1, 0.15) is 28.4 Å². The Morgan fingerprint density at radius 2 is 1.92 bits per heavy atom. The summed E-state index contributed by atoms with van der Waals surface area (Å²) in [6.45, 7) is 7.63. The molecule has 4 heterocycles. The molecule has 1 aliphatic rings. The molecule has 0 spiro atoms. The number of aromatic nitrogens is 3. The van der Waals surface area contributed by atoms with Crippen LogP contribution in [0.4, 0.5) is 5.00 Å². The van der Waals surface area contributed by atoms with Crippen LogP contribution in [0.3, 0.4) is 0 Å². The number of hydrogen-bond acceptors (Lipinski definition) is 8. The van der Waals surface area contributed by atoms with E-state index in [-0.39, 0.29) is 24.0 Å². The number of fused-ring (bicyclic) bond motifs is 1. The number of anilines is 1. The number of aliphatic imine (C=N–C) groups is 1. The standard InChI is InChI=1S/C29H26ClN7OS/c1-16(2)28-36-35-24(38-28)15-22-27(32)37(18(4)31)29-25(26(34-22)19-8-10-20(30)11-9-19)17(3)23(39-29)13-12-21-7-5-6-14-33-21/h5-11,14,16,22,31-32H,15H2,1-4H3/t22-/m0/s1. The van der Waals surface area contributed by atoms with Crippen LogP contribution in [0.1, 0.15) is 65.7 Å². The summed E-state index contributed by atoms with van der Waals surface area (Å²) < 4.78 is 5.87. The predicted molar refractivity (Wildman–Crippen MR) is 156 cm³/mol. The largest absolute Gasteiger partial charge is 0.425 e. The van der Waals surface area contributed by atoms with Gasteiger partial charge in [-0.15, -0.1) is 21.5 Å². The molecule has 0 saturated heterocycles. The predicted octanol–water partition coefficient (Wildman–Crippen LogP) is 6.25. The smallest absolute Gasteiger partial charge is 0.219 e. The van der Waals surface area contributed by atoms with E-state index in [1.807, 2.05) is 63.2 Å². The Morgan fingerprint density at radius 3 is 2.56 bits per heavy atom. The summed E-state index contributed by atoms with van der Waals surface area (Å²) in [5.74, 6) is 7.79. The number of benzene rings is 1. The molecule has 8 nitrogen and oxygen atoms in total. The van der Waals surface area contributed by atoms with Crippen LogP contribution in [-0.2, 0) is 6.42 Å². The number of halogens is 1. The van der Waals surface area contributed by atoms with Crippen LogP contribution in [0.15, 0.2) is 58.1 Å². The second kappa shape index (κ2) is 10.9. The van der Waals surface area contributed by atoms with Crippen molar-refractivity contribution in [3.8, 4) is 11.8 Å². The normalized spacial score (nSPS) is 14.9. The molecule has 0 amide bonds.